The van der Waals surface area contributed by atoms with Crippen LogP contribution in [0.5, 0.6) is 0 Å². The highest BCUT2D eigenvalue weighted by Gasteiger charge is 2.45. The van der Waals surface area contributed by atoms with Gasteiger partial charge in [-0.1, -0.05) is 0 Å². The standard InChI is InChI=1S/C16H16N4O7/c1-8(21)13-11(18-15(13)23)6-12(22)14(19-17)16(24)27-7-9-2-4-10(5-3-9)20(25)26/h2-5,8,11,13,21H,6-7H2,1H3,(H,18,23)/t8-,11-,13+/m1/s1. The Morgan fingerprint density at radius 1 is 1.41 bits per heavy atom. The van der Waals surface area contributed by atoms with Gasteiger partial charge in [0.2, 0.25) is 5.91 Å². The second-order valence-electron chi connectivity index (χ2n) is 5.96. The summed E-state index contributed by atoms with van der Waals surface area (Å²) in [6, 6.07) is 4.53. The third-order valence-electron chi connectivity index (χ3n) is 4.06. The summed E-state index contributed by atoms with van der Waals surface area (Å²) in [7, 11) is 0. The number of β-lactam (4-membered cyclic amide) rings is 1. The highest BCUT2D eigenvalue weighted by atomic mass is 16.6. The number of hydrogen-bond donors (Lipinski definition) is 2. The van der Waals surface area contributed by atoms with Gasteiger partial charge in [-0.05, 0) is 24.6 Å². The summed E-state index contributed by atoms with van der Waals surface area (Å²) in [5, 5.41) is 22.5. The molecule has 0 aliphatic carbocycles. The van der Waals surface area contributed by atoms with E-state index in [1.54, 1.807) is 0 Å². The second-order valence-corrected chi connectivity index (χ2v) is 5.96. The van der Waals surface area contributed by atoms with E-state index in [-0.39, 0.29) is 18.7 Å². The van der Waals surface area contributed by atoms with E-state index in [1.165, 1.54) is 31.2 Å². The van der Waals surface area contributed by atoms with E-state index in [0.717, 1.165) is 0 Å². The van der Waals surface area contributed by atoms with Crippen molar-refractivity contribution in [3.63, 3.8) is 0 Å². The van der Waals surface area contributed by atoms with Crippen LogP contribution in [-0.4, -0.2) is 50.3 Å². The first-order valence-electron chi connectivity index (χ1n) is 7.88. The highest BCUT2D eigenvalue weighted by Crippen LogP contribution is 2.22. The molecule has 142 valence electrons. The number of nitro benzene ring substituents is 1. The van der Waals surface area contributed by atoms with Crippen LogP contribution in [0.1, 0.15) is 18.9 Å². The molecule has 2 rings (SSSR count). The van der Waals surface area contributed by atoms with Crippen LogP contribution >= 0.6 is 0 Å². The number of Topliss-reactive ketones (excluding diaryl/α,β-unsaturated/α-hetero) is 1. The van der Waals surface area contributed by atoms with Gasteiger partial charge in [0.1, 0.15) is 6.61 Å². The molecule has 0 aromatic heterocycles. The summed E-state index contributed by atoms with van der Waals surface area (Å²) in [5.74, 6) is -3.24. The van der Waals surface area contributed by atoms with E-state index in [4.69, 9.17) is 10.3 Å². The maximum atomic E-state index is 12.1. The number of rotatable bonds is 8. The molecule has 0 unspecified atom stereocenters. The number of aliphatic hydroxyl groups excluding tert-OH is 1. The summed E-state index contributed by atoms with van der Waals surface area (Å²) in [6.07, 6.45) is -1.31. The number of benzene rings is 1. The molecule has 11 nitrogen and oxygen atoms in total. The highest BCUT2D eigenvalue weighted by molar-refractivity contribution is 6.62. The minimum Gasteiger partial charge on any atom is -0.452 e. The van der Waals surface area contributed by atoms with E-state index in [0.29, 0.717) is 5.56 Å². The van der Waals surface area contributed by atoms with Crippen LogP contribution in [0.4, 0.5) is 5.69 Å². The van der Waals surface area contributed by atoms with Gasteiger partial charge in [0, 0.05) is 18.6 Å². The van der Waals surface area contributed by atoms with Gasteiger partial charge in [0.05, 0.1) is 23.0 Å². The molecule has 1 aliphatic heterocycles. The molecule has 1 aliphatic rings. The zero-order chi connectivity index (χ0) is 20.1. The minimum atomic E-state index is -1.18. The number of aliphatic hydroxyl groups is 1. The molecule has 0 spiro atoms. The van der Waals surface area contributed by atoms with Crippen LogP contribution in [0.25, 0.3) is 5.53 Å². The lowest BCUT2D eigenvalue weighted by Crippen LogP contribution is -2.62. The molecular formula is C16H16N4O7. The molecule has 27 heavy (non-hydrogen) atoms. The van der Waals surface area contributed by atoms with Crippen molar-refractivity contribution in [3.05, 3.63) is 45.5 Å². The van der Waals surface area contributed by atoms with Crippen LogP contribution < -0.4 is 5.32 Å². The summed E-state index contributed by atoms with van der Waals surface area (Å²) in [6.45, 7) is 1.11. The molecule has 1 fully saturated rings. The van der Waals surface area contributed by atoms with Crippen molar-refractivity contribution in [2.75, 3.05) is 0 Å². The Morgan fingerprint density at radius 3 is 2.52 bits per heavy atom. The number of ketones is 1. The van der Waals surface area contributed by atoms with Crippen LogP contribution in [0.2, 0.25) is 0 Å². The van der Waals surface area contributed by atoms with Gasteiger partial charge in [0.15, 0.2) is 0 Å². The smallest absolute Gasteiger partial charge is 0.441 e. The molecule has 1 heterocycles. The number of amides is 1. The Morgan fingerprint density at radius 2 is 2.04 bits per heavy atom. The van der Waals surface area contributed by atoms with Crippen molar-refractivity contribution in [3.8, 4) is 0 Å². The predicted molar refractivity (Wildman–Crippen MR) is 88.2 cm³/mol. The number of carbonyl (C=O) groups excluding carboxylic acids is 3. The number of hydrogen-bond acceptors (Lipinski definition) is 7. The number of carbonyl (C=O) groups is 3. The Balaban J connectivity index is 1.93. The fourth-order valence-electron chi connectivity index (χ4n) is 2.63. The van der Waals surface area contributed by atoms with Gasteiger partial charge in [-0.3, -0.25) is 19.7 Å². The predicted octanol–water partition coefficient (Wildman–Crippen LogP) is -0.237. The maximum Gasteiger partial charge on any atom is 0.441 e. The van der Waals surface area contributed by atoms with E-state index >= 15 is 0 Å². The Bertz CT molecular complexity index is 828. The molecule has 1 amide bonds. The van der Waals surface area contributed by atoms with Crippen molar-refractivity contribution in [2.24, 2.45) is 5.92 Å². The zero-order valence-electron chi connectivity index (χ0n) is 14.2. The van der Waals surface area contributed by atoms with E-state index in [2.05, 4.69) is 10.1 Å². The largest absolute Gasteiger partial charge is 0.452 e. The first-order chi connectivity index (χ1) is 12.7. The summed E-state index contributed by atoms with van der Waals surface area (Å²) >= 11 is 0. The van der Waals surface area contributed by atoms with Gasteiger partial charge in [-0.25, -0.2) is 4.79 Å². The van der Waals surface area contributed by atoms with Gasteiger partial charge in [-0.2, -0.15) is 4.79 Å². The molecule has 1 aromatic rings. The van der Waals surface area contributed by atoms with Gasteiger partial charge < -0.3 is 20.7 Å². The number of nitrogens with zero attached hydrogens (tertiary/aromatic N) is 3. The summed E-state index contributed by atoms with van der Waals surface area (Å²) < 4.78 is 4.87. The maximum absolute atomic E-state index is 12.1. The molecule has 2 N–H and O–H groups in total. The van der Waals surface area contributed by atoms with Crippen molar-refractivity contribution in [2.45, 2.75) is 32.1 Å². The molecule has 0 bridgehead atoms. The van der Waals surface area contributed by atoms with Crippen molar-refractivity contribution in [1.82, 2.24) is 5.32 Å². The third kappa shape index (κ3) is 4.60. The van der Waals surface area contributed by atoms with Gasteiger partial charge >= 0.3 is 11.7 Å². The van der Waals surface area contributed by atoms with Gasteiger partial charge in [0.25, 0.3) is 11.5 Å². The number of nitrogens with one attached hydrogen (secondary N) is 1. The minimum absolute atomic E-state index is 0.131. The summed E-state index contributed by atoms with van der Waals surface area (Å²) in [5.41, 5.74) is 8.40. The second kappa shape index (κ2) is 8.30. The number of ether oxygens (including phenoxy) is 1. The van der Waals surface area contributed by atoms with Crippen molar-refractivity contribution in [1.29, 1.82) is 0 Å². The first kappa shape index (κ1) is 19.9. The molecule has 0 radical (unpaired) electrons. The average molecular weight is 376 g/mol. The normalized spacial score (nSPS) is 19.1. The fourth-order valence-corrected chi connectivity index (χ4v) is 2.63. The lowest BCUT2D eigenvalue weighted by molar-refractivity contribution is -0.384. The zero-order valence-corrected chi connectivity index (χ0v) is 14.2. The van der Waals surface area contributed by atoms with Crippen LogP contribution in [0.15, 0.2) is 24.3 Å². The SMILES string of the molecule is C[C@@H](O)[C@@H]1C(=O)N[C@@H]1CC(=O)C(=[N+]=[N-])C(=O)OCc1ccc([N+](=O)[O-])cc1. The number of esters is 1. The quantitative estimate of drug-likeness (QED) is 0.0920. The summed E-state index contributed by atoms with van der Waals surface area (Å²) in [4.78, 5) is 48.1. The third-order valence-corrected chi connectivity index (χ3v) is 4.06. The van der Waals surface area contributed by atoms with E-state index in [9.17, 15) is 29.6 Å². The molecular weight excluding hydrogens is 360 g/mol. The number of nitro groups is 1. The van der Waals surface area contributed by atoms with E-state index in [1.807, 2.05) is 0 Å². The van der Waals surface area contributed by atoms with E-state index < -0.39 is 46.4 Å². The molecule has 0 saturated carbocycles. The lowest BCUT2D eigenvalue weighted by atomic mass is 9.82. The van der Waals surface area contributed by atoms with Crippen molar-refractivity contribution < 1.29 is 33.9 Å². The van der Waals surface area contributed by atoms with Crippen LogP contribution in [0, 0.1) is 16.0 Å². The van der Waals surface area contributed by atoms with Gasteiger partial charge in [-0.15, -0.1) is 0 Å². The molecule has 3 atom stereocenters. The molecule has 1 saturated heterocycles. The Hall–Kier alpha value is -3.43. The topological polar surface area (TPSA) is 172 Å². The molecule has 11 heteroatoms. The monoisotopic (exact) mass is 376 g/mol. The Labute approximate surface area is 152 Å². The fraction of sp³-hybridized carbons (Fsp3) is 0.375. The van der Waals surface area contributed by atoms with Crippen LogP contribution in [-0.2, 0) is 25.7 Å². The van der Waals surface area contributed by atoms with Crippen molar-refractivity contribution >= 4 is 29.1 Å². The molecule has 1 aromatic carbocycles. The Kier molecular flexibility index (Phi) is 6.11. The lowest BCUT2D eigenvalue weighted by Gasteiger charge is -2.37. The number of non-ortho nitro benzene ring substituents is 1. The first-order valence-corrected chi connectivity index (χ1v) is 7.88. The van der Waals surface area contributed by atoms with Crippen LogP contribution in [0.3, 0.4) is 0 Å². The average Bonchev–Trinajstić information content (AvgIpc) is 2.59.